The summed E-state index contributed by atoms with van der Waals surface area (Å²) in [5.41, 5.74) is -11.3. The van der Waals surface area contributed by atoms with Crippen LogP contribution in [-0.2, 0) is 19.7 Å². The highest BCUT2D eigenvalue weighted by atomic mass is 32.2. The van der Waals surface area contributed by atoms with Crippen molar-refractivity contribution in [2.75, 3.05) is 0 Å². The molecule has 20 heavy (non-hydrogen) atoms. The molecule has 0 heterocycles. The molecule has 1 radical (unpaired) electrons. The lowest BCUT2D eigenvalue weighted by molar-refractivity contribution is -0.0443. The van der Waals surface area contributed by atoms with Gasteiger partial charge in [-0.2, -0.15) is 26.3 Å². The molecule has 0 unspecified atom stereocenters. The second-order valence-electron chi connectivity index (χ2n) is 3.29. The second-order valence-corrected chi connectivity index (χ2v) is 7.14. The molecule has 12 heteroatoms. The molecule has 1 rings (SSSR count). The molecule has 0 N–H and O–H groups in total. The number of halogens is 6. The summed E-state index contributed by atoms with van der Waals surface area (Å²) >= 11 is 0. The first-order valence-corrected chi connectivity index (χ1v) is 7.32. The van der Waals surface area contributed by atoms with Gasteiger partial charge >= 0.3 is 11.0 Å². The predicted molar refractivity (Wildman–Crippen MR) is 51.8 cm³/mol. The van der Waals surface area contributed by atoms with Gasteiger partial charge in [-0.15, -0.1) is 0 Å². The Morgan fingerprint density at radius 2 is 1.25 bits per heavy atom. The molecular formula is C8H3F6O4S2. The van der Waals surface area contributed by atoms with Crippen LogP contribution in [0, 0.1) is 6.07 Å². The number of sulfone groups is 2. The SMILES string of the molecule is O=S(=O)(c1[c]cc(S(=O)(=O)C(F)(F)F)cc1)C(F)(F)F. The third kappa shape index (κ3) is 2.75. The summed E-state index contributed by atoms with van der Waals surface area (Å²) in [5, 5.41) is 0. The van der Waals surface area contributed by atoms with E-state index >= 15 is 0 Å². The Bertz CT molecular complexity index is 634. The zero-order chi connectivity index (χ0) is 16.0. The Balaban J connectivity index is 3.35. The Morgan fingerprint density at radius 3 is 1.55 bits per heavy atom. The lowest BCUT2D eigenvalue weighted by Gasteiger charge is -2.10. The van der Waals surface area contributed by atoms with Crippen LogP contribution in [-0.4, -0.2) is 27.9 Å². The molecule has 0 saturated heterocycles. The fourth-order valence-electron chi connectivity index (χ4n) is 0.989. The van der Waals surface area contributed by atoms with Gasteiger partial charge in [0.25, 0.3) is 19.7 Å². The van der Waals surface area contributed by atoms with Crippen LogP contribution in [0.1, 0.15) is 0 Å². The fourth-order valence-corrected chi connectivity index (χ4v) is 2.43. The van der Waals surface area contributed by atoms with Crippen LogP contribution in [0.3, 0.4) is 0 Å². The smallest absolute Gasteiger partial charge is 0.214 e. The van der Waals surface area contributed by atoms with E-state index in [4.69, 9.17) is 0 Å². The van der Waals surface area contributed by atoms with Crippen molar-refractivity contribution in [2.24, 2.45) is 0 Å². The van der Waals surface area contributed by atoms with E-state index in [1.54, 1.807) is 0 Å². The molecule has 113 valence electrons. The summed E-state index contributed by atoms with van der Waals surface area (Å²) in [6, 6.07) is 1.58. The van der Waals surface area contributed by atoms with E-state index in [2.05, 4.69) is 0 Å². The standard InChI is InChI=1S/C8H3F6O4S2/c9-7(10,11)19(15,16)5-1-2-6(4-3-5)20(17,18)8(12,13)14/h1-3H. The van der Waals surface area contributed by atoms with E-state index in [-0.39, 0.29) is 18.2 Å². The molecule has 1 aromatic rings. The van der Waals surface area contributed by atoms with E-state index in [1.807, 2.05) is 0 Å². The van der Waals surface area contributed by atoms with E-state index in [0.717, 1.165) is 0 Å². The van der Waals surface area contributed by atoms with E-state index < -0.39 is 40.5 Å². The zero-order valence-electron chi connectivity index (χ0n) is 8.95. The maximum absolute atomic E-state index is 12.1. The van der Waals surface area contributed by atoms with Crippen molar-refractivity contribution in [3.63, 3.8) is 0 Å². The summed E-state index contributed by atoms with van der Waals surface area (Å²) in [4.78, 5) is -2.89. The average molecular weight is 341 g/mol. The van der Waals surface area contributed by atoms with Crippen molar-refractivity contribution >= 4 is 19.7 Å². The molecule has 0 spiro atoms. The van der Waals surface area contributed by atoms with Crippen LogP contribution in [0.15, 0.2) is 28.0 Å². The van der Waals surface area contributed by atoms with Gasteiger partial charge in [0.15, 0.2) is 0 Å². The van der Waals surface area contributed by atoms with Crippen LogP contribution >= 0.6 is 0 Å². The van der Waals surface area contributed by atoms with Gasteiger partial charge in [-0.05, 0) is 18.2 Å². The highest BCUT2D eigenvalue weighted by molar-refractivity contribution is 7.92. The topological polar surface area (TPSA) is 68.3 Å². The van der Waals surface area contributed by atoms with Crippen LogP contribution in [0.25, 0.3) is 0 Å². The minimum atomic E-state index is -5.81. The first-order chi connectivity index (χ1) is 8.71. The summed E-state index contributed by atoms with van der Waals surface area (Å²) in [7, 11) is -11.6. The van der Waals surface area contributed by atoms with Crippen LogP contribution in [0.4, 0.5) is 26.3 Å². The maximum atomic E-state index is 12.1. The molecule has 0 saturated carbocycles. The molecule has 0 amide bonds. The molecular weight excluding hydrogens is 338 g/mol. The molecule has 0 aliphatic carbocycles. The highest BCUT2D eigenvalue weighted by Gasteiger charge is 2.49. The Morgan fingerprint density at radius 1 is 0.800 bits per heavy atom. The van der Waals surface area contributed by atoms with Gasteiger partial charge in [0, 0.05) is 6.07 Å². The Kier molecular flexibility index (Phi) is 3.87. The van der Waals surface area contributed by atoms with Crippen LogP contribution in [0.5, 0.6) is 0 Å². The molecule has 0 aliphatic heterocycles. The Labute approximate surface area is 108 Å². The summed E-state index contributed by atoms with van der Waals surface area (Å²) in [5.74, 6) is 0. The van der Waals surface area contributed by atoms with Gasteiger partial charge in [-0.1, -0.05) is 0 Å². The normalized spacial score (nSPS) is 14.3. The second kappa shape index (κ2) is 4.62. The van der Waals surface area contributed by atoms with Gasteiger partial charge in [0.2, 0.25) is 0 Å². The van der Waals surface area contributed by atoms with Crippen molar-refractivity contribution in [3.8, 4) is 0 Å². The van der Waals surface area contributed by atoms with Crippen LogP contribution < -0.4 is 0 Å². The van der Waals surface area contributed by atoms with Crippen molar-refractivity contribution in [1.82, 2.24) is 0 Å². The third-order valence-electron chi connectivity index (χ3n) is 1.96. The largest absolute Gasteiger partial charge is 0.501 e. The van der Waals surface area contributed by atoms with Gasteiger partial charge in [-0.3, -0.25) is 0 Å². The quantitative estimate of drug-likeness (QED) is 0.773. The minimum Gasteiger partial charge on any atom is -0.214 e. The molecule has 4 nitrogen and oxygen atoms in total. The summed E-state index contributed by atoms with van der Waals surface area (Å²) in [6.45, 7) is 0. The fraction of sp³-hybridized carbons (Fsp3) is 0.250. The van der Waals surface area contributed by atoms with E-state index in [0.29, 0.717) is 0 Å². The monoisotopic (exact) mass is 341 g/mol. The molecule has 0 aromatic heterocycles. The number of hydrogen-bond acceptors (Lipinski definition) is 4. The highest BCUT2D eigenvalue weighted by Crippen LogP contribution is 2.33. The average Bonchev–Trinajstić information content (AvgIpc) is 2.26. The van der Waals surface area contributed by atoms with E-state index in [9.17, 15) is 43.2 Å². The number of rotatable bonds is 2. The van der Waals surface area contributed by atoms with Gasteiger partial charge in [0.05, 0.1) is 9.79 Å². The lowest BCUT2D eigenvalue weighted by atomic mass is 10.4. The number of alkyl halides is 6. The van der Waals surface area contributed by atoms with Crippen molar-refractivity contribution in [1.29, 1.82) is 0 Å². The first kappa shape index (κ1) is 16.8. The molecule has 0 atom stereocenters. The first-order valence-electron chi connectivity index (χ1n) is 4.36. The maximum Gasteiger partial charge on any atom is 0.501 e. The van der Waals surface area contributed by atoms with Crippen molar-refractivity contribution in [2.45, 2.75) is 20.8 Å². The summed E-state index contributed by atoms with van der Waals surface area (Å²) < 4.78 is 116. The van der Waals surface area contributed by atoms with Gasteiger partial charge < -0.3 is 0 Å². The lowest BCUT2D eigenvalue weighted by Crippen LogP contribution is -2.25. The number of benzene rings is 1. The van der Waals surface area contributed by atoms with Crippen molar-refractivity contribution in [3.05, 3.63) is 24.3 Å². The zero-order valence-corrected chi connectivity index (χ0v) is 10.6. The molecule has 0 fully saturated rings. The third-order valence-corrected chi connectivity index (χ3v) is 4.89. The molecule has 1 aromatic carbocycles. The van der Waals surface area contributed by atoms with Gasteiger partial charge in [0.1, 0.15) is 0 Å². The van der Waals surface area contributed by atoms with E-state index in [1.165, 1.54) is 6.07 Å². The molecule has 0 aliphatic rings. The predicted octanol–water partition coefficient (Wildman–Crippen LogP) is 2.07. The van der Waals surface area contributed by atoms with Crippen LogP contribution in [0.2, 0.25) is 0 Å². The minimum absolute atomic E-state index is 0.0153. The molecule has 0 bridgehead atoms. The summed E-state index contributed by atoms with van der Waals surface area (Å²) in [6.07, 6.45) is 0. The number of hydrogen-bond donors (Lipinski definition) is 0. The van der Waals surface area contributed by atoms with Crippen molar-refractivity contribution < 1.29 is 43.2 Å². The van der Waals surface area contributed by atoms with Gasteiger partial charge in [-0.25, -0.2) is 16.8 Å². The Hall–Kier alpha value is -1.30.